The number of carbonyl (C=O) groups excluding carboxylic acids is 1. The Bertz CT molecular complexity index is 1200. The zero-order chi connectivity index (χ0) is 26.9. The van der Waals surface area contributed by atoms with E-state index in [0.29, 0.717) is 12.6 Å². The van der Waals surface area contributed by atoms with Crippen molar-refractivity contribution in [2.24, 2.45) is 5.92 Å². The summed E-state index contributed by atoms with van der Waals surface area (Å²) in [7, 11) is -3.76. The number of alkyl halides is 6. The van der Waals surface area contributed by atoms with Gasteiger partial charge in [-0.3, -0.25) is 4.79 Å². The van der Waals surface area contributed by atoms with Crippen molar-refractivity contribution in [1.29, 1.82) is 0 Å². The Kier molecular flexibility index (Phi) is 7.77. The summed E-state index contributed by atoms with van der Waals surface area (Å²) in [6, 6.07) is 4.95. The molecule has 0 bridgehead atoms. The average molecular weight is 540 g/mol. The number of sulfone groups is 1. The summed E-state index contributed by atoms with van der Waals surface area (Å²) in [5, 5.41) is 0. The lowest BCUT2D eigenvalue weighted by atomic mass is 10.1. The number of benzene rings is 1. The van der Waals surface area contributed by atoms with Gasteiger partial charge in [0.05, 0.1) is 22.6 Å². The highest BCUT2D eigenvalue weighted by Gasteiger charge is 2.39. The molecule has 1 amide bonds. The van der Waals surface area contributed by atoms with Gasteiger partial charge in [0.1, 0.15) is 5.75 Å². The molecule has 7 nitrogen and oxygen atoms in total. The fourth-order valence-corrected chi connectivity index (χ4v) is 4.07. The van der Waals surface area contributed by atoms with Gasteiger partial charge in [-0.05, 0) is 37.6 Å². The molecule has 1 aliphatic heterocycles. The molecule has 1 aromatic carbocycles. The Balaban J connectivity index is 1.72. The van der Waals surface area contributed by atoms with Gasteiger partial charge < -0.3 is 14.4 Å². The highest BCUT2D eigenvalue weighted by atomic mass is 32.2. The van der Waals surface area contributed by atoms with Crippen LogP contribution in [0.4, 0.5) is 26.3 Å². The summed E-state index contributed by atoms with van der Waals surface area (Å²) in [4.78, 5) is 17.8. The van der Waals surface area contributed by atoms with Gasteiger partial charge >= 0.3 is 12.4 Å². The summed E-state index contributed by atoms with van der Waals surface area (Å²) < 4.78 is 111. The Morgan fingerprint density at radius 3 is 2.42 bits per heavy atom. The second-order valence-electron chi connectivity index (χ2n) is 8.33. The first-order valence-electron chi connectivity index (χ1n) is 10.6. The predicted molar refractivity (Wildman–Crippen MR) is 114 cm³/mol. The van der Waals surface area contributed by atoms with E-state index >= 15 is 0 Å². The third-order valence-corrected chi connectivity index (χ3v) is 6.59. The van der Waals surface area contributed by atoms with E-state index in [1.807, 2.05) is 0 Å². The monoisotopic (exact) mass is 540 g/mol. The predicted octanol–water partition coefficient (Wildman–Crippen LogP) is 4.37. The number of aromatic nitrogens is 1. The molecule has 0 saturated carbocycles. The van der Waals surface area contributed by atoms with Crippen molar-refractivity contribution in [2.75, 3.05) is 26.0 Å². The molecule has 3 rings (SSSR count). The summed E-state index contributed by atoms with van der Waals surface area (Å²) in [6.45, 7) is 1.11. The number of nitrogens with zero attached hydrogens (tertiary/aromatic N) is 2. The van der Waals surface area contributed by atoms with Gasteiger partial charge in [-0.15, -0.1) is 0 Å². The molecule has 1 saturated heterocycles. The Morgan fingerprint density at radius 2 is 1.86 bits per heavy atom. The van der Waals surface area contributed by atoms with Gasteiger partial charge in [0.25, 0.3) is 5.91 Å². The second-order valence-corrected chi connectivity index (χ2v) is 10.3. The summed E-state index contributed by atoms with van der Waals surface area (Å²) in [5.74, 6) is -1.41. The fraction of sp³-hybridized carbons (Fsp3) is 0.455. The van der Waals surface area contributed by atoms with Crippen LogP contribution in [0.1, 0.15) is 29.3 Å². The Hall–Kier alpha value is -3.03. The molecular weight excluding hydrogens is 518 g/mol. The van der Waals surface area contributed by atoms with E-state index < -0.39 is 45.5 Å². The van der Waals surface area contributed by atoms with E-state index in [4.69, 9.17) is 9.47 Å². The number of halogens is 6. The third-order valence-electron chi connectivity index (χ3n) is 5.48. The number of pyridine rings is 1. The maximum Gasteiger partial charge on any atom is 0.425 e. The van der Waals surface area contributed by atoms with Gasteiger partial charge in [-0.1, -0.05) is 0 Å². The van der Waals surface area contributed by atoms with Crippen LogP contribution in [0.2, 0.25) is 0 Å². The zero-order valence-corrected chi connectivity index (χ0v) is 19.9. The molecular formula is C22H22F6N2O5S. The molecule has 0 N–H and O–H groups in total. The molecule has 0 radical (unpaired) electrons. The molecule has 2 atom stereocenters. The van der Waals surface area contributed by atoms with Crippen molar-refractivity contribution in [3.63, 3.8) is 0 Å². The number of hydrogen-bond donors (Lipinski definition) is 0. The van der Waals surface area contributed by atoms with Crippen LogP contribution in [0.5, 0.6) is 11.6 Å². The third kappa shape index (κ3) is 6.80. The van der Waals surface area contributed by atoms with Crippen LogP contribution in [0, 0.1) is 5.92 Å². The van der Waals surface area contributed by atoms with Crippen molar-refractivity contribution in [3.8, 4) is 11.6 Å². The van der Waals surface area contributed by atoms with Crippen LogP contribution in [0.15, 0.2) is 41.4 Å². The molecule has 36 heavy (non-hydrogen) atoms. The lowest BCUT2D eigenvalue weighted by Crippen LogP contribution is -2.33. The van der Waals surface area contributed by atoms with Crippen LogP contribution in [0.25, 0.3) is 0 Å². The van der Waals surface area contributed by atoms with Crippen molar-refractivity contribution in [3.05, 3.63) is 47.7 Å². The highest BCUT2D eigenvalue weighted by Crippen LogP contribution is 2.32. The summed E-state index contributed by atoms with van der Waals surface area (Å²) in [6.07, 6.45) is -9.52. The van der Waals surface area contributed by atoms with Crippen molar-refractivity contribution >= 4 is 15.7 Å². The quantitative estimate of drug-likeness (QED) is 0.485. The lowest BCUT2D eigenvalue weighted by Gasteiger charge is -2.22. The molecule has 0 aliphatic carbocycles. The molecule has 1 aliphatic rings. The standard InChI is InChI=1S/C22H22F6N2O5S/c1-13(21(23,24)25)35-18-5-4-16(36(2,32)33)9-17(18)20(31)30-8-7-14(11-30)12-34-19-6-3-15(10-29-19)22(26,27)28/h3-6,9-10,13-14H,7-8,11-12H2,1-2H3. The number of ether oxygens (including phenoxy) is 2. The Labute approximate surface area is 202 Å². The van der Waals surface area contributed by atoms with Gasteiger partial charge in [-0.25, -0.2) is 13.4 Å². The van der Waals surface area contributed by atoms with E-state index in [-0.39, 0.29) is 42.0 Å². The van der Waals surface area contributed by atoms with Crippen LogP contribution in [-0.2, 0) is 16.0 Å². The SMILES string of the molecule is CC(Oc1ccc(S(C)(=O)=O)cc1C(=O)N1CCC(COc2ccc(C(F)(F)F)cn2)C1)C(F)(F)F. The molecule has 0 spiro atoms. The molecule has 1 fully saturated rings. The van der Waals surface area contributed by atoms with E-state index in [9.17, 15) is 39.6 Å². The zero-order valence-electron chi connectivity index (χ0n) is 19.1. The smallest absolute Gasteiger partial charge is 0.425 e. The lowest BCUT2D eigenvalue weighted by molar-refractivity contribution is -0.189. The molecule has 14 heteroatoms. The van der Waals surface area contributed by atoms with Crippen LogP contribution in [-0.4, -0.2) is 62.4 Å². The molecule has 1 aromatic heterocycles. The first-order valence-corrected chi connectivity index (χ1v) is 12.5. The maximum absolute atomic E-state index is 13.1. The van der Waals surface area contributed by atoms with Gasteiger partial charge in [0.2, 0.25) is 5.88 Å². The van der Waals surface area contributed by atoms with E-state index in [1.165, 1.54) is 4.90 Å². The minimum absolute atomic E-state index is 0.0278. The number of carbonyl (C=O) groups is 1. The van der Waals surface area contributed by atoms with Crippen LogP contribution in [0.3, 0.4) is 0 Å². The topological polar surface area (TPSA) is 85.8 Å². The van der Waals surface area contributed by atoms with Crippen LogP contribution >= 0.6 is 0 Å². The van der Waals surface area contributed by atoms with E-state index in [0.717, 1.165) is 43.5 Å². The number of rotatable bonds is 7. The normalized spacial score (nSPS) is 17.7. The minimum Gasteiger partial charge on any atom is -0.480 e. The first kappa shape index (κ1) is 27.6. The van der Waals surface area contributed by atoms with Gasteiger partial charge in [-0.2, -0.15) is 26.3 Å². The van der Waals surface area contributed by atoms with Crippen molar-refractivity contribution in [2.45, 2.75) is 36.7 Å². The van der Waals surface area contributed by atoms with E-state index in [2.05, 4.69) is 4.98 Å². The first-order chi connectivity index (χ1) is 16.6. The maximum atomic E-state index is 13.1. The average Bonchev–Trinajstić information content (AvgIpc) is 3.25. The second kappa shape index (κ2) is 10.1. The summed E-state index contributed by atoms with van der Waals surface area (Å²) in [5.41, 5.74) is -1.26. The highest BCUT2D eigenvalue weighted by molar-refractivity contribution is 7.90. The van der Waals surface area contributed by atoms with E-state index in [1.54, 1.807) is 0 Å². The summed E-state index contributed by atoms with van der Waals surface area (Å²) >= 11 is 0. The number of hydrogen-bond acceptors (Lipinski definition) is 6. The van der Waals surface area contributed by atoms with Crippen LogP contribution < -0.4 is 9.47 Å². The minimum atomic E-state index is -4.71. The molecule has 2 unspecified atom stereocenters. The van der Waals surface area contributed by atoms with Crippen molar-refractivity contribution in [1.82, 2.24) is 9.88 Å². The Morgan fingerprint density at radius 1 is 1.17 bits per heavy atom. The number of likely N-dealkylation sites (tertiary alicyclic amines) is 1. The number of amides is 1. The fourth-order valence-electron chi connectivity index (χ4n) is 3.43. The van der Waals surface area contributed by atoms with Gasteiger partial charge in [0.15, 0.2) is 15.9 Å². The van der Waals surface area contributed by atoms with Gasteiger partial charge in [0, 0.05) is 37.5 Å². The van der Waals surface area contributed by atoms with Crippen molar-refractivity contribution < 1.29 is 49.0 Å². The molecule has 2 aromatic rings. The largest absolute Gasteiger partial charge is 0.480 e. The molecule has 2 heterocycles. The molecule has 198 valence electrons.